The Morgan fingerprint density at radius 1 is 1.09 bits per heavy atom. The van der Waals surface area contributed by atoms with Gasteiger partial charge in [-0.05, 0) is 29.7 Å². The number of carbonyl (C=O) groups excluding carboxylic acids is 2. The van der Waals surface area contributed by atoms with Gasteiger partial charge in [-0.3, -0.25) is 9.10 Å². The minimum absolute atomic E-state index is 0.0141. The van der Waals surface area contributed by atoms with Crippen molar-refractivity contribution in [3.63, 3.8) is 0 Å². The first-order valence-corrected chi connectivity index (χ1v) is 12.1. The molecular formula is C22H22Cl2N2O6S. The Labute approximate surface area is 202 Å². The molecule has 1 heterocycles. The molecule has 0 saturated carbocycles. The number of esters is 2. The van der Waals surface area contributed by atoms with Crippen LogP contribution in [0, 0.1) is 0 Å². The number of nitrogens with one attached hydrogen (secondary N) is 1. The summed E-state index contributed by atoms with van der Waals surface area (Å²) in [6.45, 7) is -0.0197. The lowest BCUT2D eigenvalue weighted by Gasteiger charge is -2.32. The minimum atomic E-state index is -4.01. The highest BCUT2D eigenvalue weighted by Crippen LogP contribution is 2.33. The minimum Gasteiger partial charge on any atom is -0.469 e. The summed E-state index contributed by atoms with van der Waals surface area (Å²) in [6.07, 6.45) is 1.46. The fourth-order valence-corrected chi connectivity index (χ4v) is 4.79. The van der Waals surface area contributed by atoms with Crippen LogP contribution < -0.4 is 4.72 Å². The summed E-state index contributed by atoms with van der Waals surface area (Å²) in [7, 11) is -2.76. The third-order valence-corrected chi connectivity index (χ3v) is 7.06. The molecule has 8 nitrogen and oxygen atoms in total. The van der Waals surface area contributed by atoms with E-state index < -0.39 is 28.2 Å². The van der Waals surface area contributed by atoms with E-state index >= 15 is 0 Å². The van der Waals surface area contributed by atoms with Gasteiger partial charge in [0, 0.05) is 19.2 Å². The van der Waals surface area contributed by atoms with Crippen molar-refractivity contribution in [1.82, 2.24) is 9.03 Å². The van der Waals surface area contributed by atoms with E-state index in [1.54, 1.807) is 18.2 Å². The van der Waals surface area contributed by atoms with Crippen molar-refractivity contribution >= 4 is 45.3 Å². The molecule has 176 valence electrons. The maximum atomic E-state index is 13.0. The third kappa shape index (κ3) is 6.48. The first-order valence-electron chi connectivity index (χ1n) is 9.95. The fraction of sp³-hybridized carbons (Fsp3) is 0.273. The summed E-state index contributed by atoms with van der Waals surface area (Å²) in [5, 5.41) is 0.506. The molecule has 0 amide bonds. The highest BCUT2D eigenvalue weighted by atomic mass is 35.5. The van der Waals surface area contributed by atoms with Crippen LogP contribution in [0.2, 0.25) is 10.0 Å². The Morgan fingerprint density at radius 2 is 1.82 bits per heavy atom. The first-order chi connectivity index (χ1) is 15.7. The zero-order valence-electron chi connectivity index (χ0n) is 17.7. The van der Waals surface area contributed by atoms with E-state index in [9.17, 15) is 18.0 Å². The SMILES string of the molecule is COC(=O)CCCN1C=C(C(=O)OCc2ccccc2)C(c2ccc(Cl)c(Cl)c2)NS1(=O)=O. The molecule has 0 saturated heterocycles. The molecule has 3 rings (SSSR count). The van der Waals surface area contributed by atoms with Gasteiger partial charge in [0.15, 0.2) is 0 Å². The molecule has 1 aliphatic heterocycles. The molecule has 2 aromatic carbocycles. The van der Waals surface area contributed by atoms with Crippen LogP contribution in [0.3, 0.4) is 0 Å². The number of rotatable bonds is 8. The van der Waals surface area contributed by atoms with Gasteiger partial charge in [-0.25, -0.2) is 4.79 Å². The summed E-state index contributed by atoms with van der Waals surface area (Å²) >= 11 is 12.1. The summed E-state index contributed by atoms with van der Waals surface area (Å²) in [5.41, 5.74) is 1.27. The molecular weight excluding hydrogens is 491 g/mol. The highest BCUT2D eigenvalue weighted by Gasteiger charge is 2.36. The molecule has 0 aliphatic carbocycles. The summed E-state index contributed by atoms with van der Waals surface area (Å²) in [6, 6.07) is 12.6. The predicted octanol–water partition coefficient (Wildman–Crippen LogP) is 3.77. The molecule has 11 heteroatoms. The van der Waals surface area contributed by atoms with Gasteiger partial charge in [-0.2, -0.15) is 13.1 Å². The molecule has 0 fully saturated rings. The van der Waals surface area contributed by atoms with Gasteiger partial charge >= 0.3 is 22.1 Å². The topological polar surface area (TPSA) is 102 Å². The molecule has 0 aromatic heterocycles. The van der Waals surface area contributed by atoms with Crippen molar-refractivity contribution in [2.45, 2.75) is 25.5 Å². The van der Waals surface area contributed by atoms with Crippen molar-refractivity contribution in [2.75, 3.05) is 13.7 Å². The molecule has 2 aromatic rings. The number of ether oxygens (including phenoxy) is 2. The lowest BCUT2D eigenvalue weighted by atomic mass is 10.00. The molecule has 33 heavy (non-hydrogen) atoms. The molecule has 1 N–H and O–H groups in total. The normalized spacial score (nSPS) is 17.2. The summed E-state index contributed by atoms with van der Waals surface area (Å²) < 4.78 is 39.2. The number of methoxy groups -OCH3 is 1. The van der Waals surface area contributed by atoms with E-state index in [2.05, 4.69) is 9.46 Å². The van der Waals surface area contributed by atoms with Gasteiger partial charge < -0.3 is 9.47 Å². The van der Waals surface area contributed by atoms with E-state index in [4.69, 9.17) is 27.9 Å². The average Bonchev–Trinajstić information content (AvgIpc) is 2.80. The van der Waals surface area contributed by atoms with Crippen LogP contribution in [-0.2, 0) is 35.9 Å². The second kappa shape index (κ2) is 11.0. The van der Waals surface area contributed by atoms with Crippen molar-refractivity contribution in [3.05, 3.63) is 81.5 Å². The monoisotopic (exact) mass is 512 g/mol. The van der Waals surface area contributed by atoms with Crippen LogP contribution in [0.25, 0.3) is 0 Å². The Hall–Kier alpha value is -2.59. The zero-order valence-corrected chi connectivity index (χ0v) is 20.0. The van der Waals surface area contributed by atoms with Gasteiger partial charge in [0.2, 0.25) is 0 Å². The lowest BCUT2D eigenvalue weighted by molar-refractivity contribution is -0.141. The number of hydrogen-bond donors (Lipinski definition) is 1. The quantitative estimate of drug-likeness (QED) is 0.540. The summed E-state index contributed by atoms with van der Waals surface area (Å²) in [5.74, 6) is -1.16. The van der Waals surface area contributed by atoms with Crippen molar-refractivity contribution in [1.29, 1.82) is 0 Å². The van der Waals surface area contributed by atoms with Crippen LogP contribution in [0.1, 0.15) is 30.0 Å². The summed E-state index contributed by atoms with van der Waals surface area (Å²) in [4.78, 5) is 24.4. The zero-order chi connectivity index (χ0) is 24.0. The molecule has 1 aliphatic rings. The van der Waals surface area contributed by atoms with Gasteiger partial charge in [0.05, 0.1) is 28.8 Å². The number of hydrogen-bond acceptors (Lipinski definition) is 6. The second-order valence-corrected chi connectivity index (χ2v) is 9.64. The fourth-order valence-electron chi connectivity index (χ4n) is 3.16. The van der Waals surface area contributed by atoms with Crippen LogP contribution in [0.15, 0.2) is 60.3 Å². The average molecular weight is 513 g/mol. The standard InChI is InChI=1S/C22H22Cl2N2O6S/c1-31-20(27)8-5-11-26-13-17(22(28)32-14-15-6-3-2-4-7-15)21(25-33(26,29)30)16-9-10-18(23)19(24)12-16/h2-4,6-7,9-10,12-13,21,25H,5,8,11,14H2,1H3. The van der Waals surface area contributed by atoms with E-state index in [0.29, 0.717) is 10.6 Å². The number of benzene rings is 2. The lowest BCUT2D eigenvalue weighted by Crippen LogP contribution is -2.46. The Bertz CT molecular complexity index is 1150. The van der Waals surface area contributed by atoms with E-state index in [0.717, 1.165) is 9.87 Å². The maximum Gasteiger partial charge on any atom is 0.337 e. The van der Waals surface area contributed by atoms with Crippen LogP contribution >= 0.6 is 23.2 Å². The van der Waals surface area contributed by atoms with E-state index in [-0.39, 0.29) is 36.6 Å². The number of nitrogens with zero attached hydrogens (tertiary/aromatic N) is 1. The largest absolute Gasteiger partial charge is 0.469 e. The first kappa shape index (κ1) is 25.0. The highest BCUT2D eigenvalue weighted by molar-refractivity contribution is 7.87. The molecule has 0 bridgehead atoms. The molecule has 0 radical (unpaired) electrons. The van der Waals surface area contributed by atoms with E-state index in [1.807, 2.05) is 18.2 Å². The maximum absolute atomic E-state index is 13.0. The Balaban J connectivity index is 1.90. The molecule has 0 spiro atoms. The van der Waals surface area contributed by atoms with Crippen LogP contribution in [0.4, 0.5) is 0 Å². The smallest absolute Gasteiger partial charge is 0.337 e. The van der Waals surface area contributed by atoms with Crippen LogP contribution in [0.5, 0.6) is 0 Å². The van der Waals surface area contributed by atoms with Crippen molar-refractivity contribution in [2.24, 2.45) is 0 Å². The van der Waals surface area contributed by atoms with E-state index in [1.165, 1.54) is 25.4 Å². The van der Waals surface area contributed by atoms with Crippen molar-refractivity contribution in [3.8, 4) is 0 Å². The van der Waals surface area contributed by atoms with Gasteiger partial charge in [-0.15, -0.1) is 0 Å². The van der Waals surface area contributed by atoms with Crippen LogP contribution in [-0.4, -0.2) is 38.3 Å². The Morgan fingerprint density at radius 3 is 2.48 bits per heavy atom. The van der Waals surface area contributed by atoms with Crippen molar-refractivity contribution < 1.29 is 27.5 Å². The van der Waals surface area contributed by atoms with Gasteiger partial charge in [0.1, 0.15) is 6.61 Å². The molecule has 1 unspecified atom stereocenters. The number of carbonyl (C=O) groups is 2. The molecule has 1 atom stereocenters. The predicted molar refractivity (Wildman–Crippen MR) is 124 cm³/mol. The van der Waals surface area contributed by atoms with Gasteiger partial charge in [0.25, 0.3) is 0 Å². The Kier molecular flexibility index (Phi) is 8.36. The number of halogens is 2. The van der Waals surface area contributed by atoms with Gasteiger partial charge in [-0.1, -0.05) is 59.6 Å². The second-order valence-electron chi connectivity index (χ2n) is 7.17. The third-order valence-electron chi connectivity index (χ3n) is 4.88.